The highest BCUT2D eigenvalue weighted by Crippen LogP contribution is 2.41. The van der Waals surface area contributed by atoms with Crippen LogP contribution in [0.4, 0.5) is 17.1 Å². The van der Waals surface area contributed by atoms with Crippen LogP contribution in [-0.2, 0) is 9.59 Å². The fourth-order valence-corrected chi connectivity index (χ4v) is 4.98. The van der Waals surface area contributed by atoms with Crippen molar-refractivity contribution >= 4 is 41.0 Å². The van der Waals surface area contributed by atoms with Gasteiger partial charge in [-0.3, -0.25) is 9.59 Å². The number of nitrogens with zero attached hydrogens (tertiary/aromatic N) is 2. The summed E-state index contributed by atoms with van der Waals surface area (Å²) in [5.74, 6) is 0.428. The van der Waals surface area contributed by atoms with Crippen molar-refractivity contribution in [2.45, 2.75) is 46.2 Å². The van der Waals surface area contributed by atoms with E-state index in [2.05, 4.69) is 38.2 Å². The van der Waals surface area contributed by atoms with Gasteiger partial charge in [-0.05, 0) is 84.5 Å². The number of halogens is 1. The molecule has 35 heavy (non-hydrogen) atoms. The molecule has 6 heteroatoms. The van der Waals surface area contributed by atoms with Crippen molar-refractivity contribution < 1.29 is 9.59 Å². The van der Waals surface area contributed by atoms with E-state index in [1.807, 2.05) is 59.5 Å². The van der Waals surface area contributed by atoms with Crippen molar-refractivity contribution in [2.24, 2.45) is 5.92 Å². The quantitative estimate of drug-likeness (QED) is 0.366. The Kier molecular flexibility index (Phi) is 7.46. The maximum atomic E-state index is 12.5. The smallest absolute Gasteiger partial charge is 0.224 e. The highest BCUT2D eigenvalue weighted by Gasteiger charge is 2.32. The Morgan fingerprint density at radius 3 is 2.34 bits per heavy atom. The van der Waals surface area contributed by atoms with Gasteiger partial charge in [-0.15, -0.1) is 0 Å². The molecule has 2 atom stereocenters. The molecular weight excluding hydrogens is 458 g/mol. The van der Waals surface area contributed by atoms with E-state index in [1.165, 1.54) is 0 Å². The summed E-state index contributed by atoms with van der Waals surface area (Å²) in [4.78, 5) is 27.7. The monoisotopic (exact) mass is 489 g/mol. The average Bonchev–Trinajstić information content (AvgIpc) is 2.83. The molecule has 0 fully saturated rings. The van der Waals surface area contributed by atoms with Gasteiger partial charge in [0.1, 0.15) is 0 Å². The zero-order valence-corrected chi connectivity index (χ0v) is 21.4. The first-order valence-electron chi connectivity index (χ1n) is 12.0. The Morgan fingerprint density at radius 1 is 1.09 bits per heavy atom. The Hall–Kier alpha value is -3.31. The minimum Gasteiger partial charge on any atom is -0.378 e. The van der Waals surface area contributed by atoms with Gasteiger partial charge in [0, 0.05) is 41.6 Å². The molecule has 3 aromatic rings. The van der Waals surface area contributed by atoms with Crippen LogP contribution in [0, 0.1) is 5.92 Å². The largest absolute Gasteiger partial charge is 0.378 e. The molecule has 1 heterocycles. The number of hydrogen-bond acceptors (Lipinski definition) is 3. The van der Waals surface area contributed by atoms with Crippen LogP contribution >= 0.6 is 11.6 Å². The number of benzene rings is 3. The second kappa shape index (κ2) is 10.5. The van der Waals surface area contributed by atoms with Gasteiger partial charge in [-0.25, -0.2) is 0 Å². The predicted octanol–water partition coefficient (Wildman–Crippen LogP) is 6.92. The molecule has 0 aliphatic carbocycles. The lowest BCUT2D eigenvalue weighted by Gasteiger charge is -2.39. The first kappa shape index (κ1) is 24.8. The minimum atomic E-state index is 0.0416. The highest BCUT2D eigenvalue weighted by molar-refractivity contribution is 6.30. The molecule has 3 aromatic carbocycles. The standard InChI is InChI=1S/C29H32ClN3O2/c1-19(2)17-32(18-34)26-12-5-22(6-13-26)23-7-14-29-27(16-23)28(15-20(3)33(29)21(4)35)31-25-10-8-24(30)9-11-25/h5-14,16,18-20,28,31H,15,17H2,1-4H3/t20-,28+/m0/s1. The van der Waals surface area contributed by atoms with Crippen molar-refractivity contribution in [2.75, 3.05) is 21.7 Å². The molecule has 1 aliphatic rings. The summed E-state index contributed by atoms with van der Waals surface area (Å²) in [6, 6.07) is 22.2. The van der Waals surface area contributed by atoms with Crippen LogP contribution in [0.5, 0.6) is 0 Å². The predicted molar refractivity (Wildman–Crippen MR) is 145 cm³/mol. The van der Waals surface area contributed by atoms with Gasteiger partial charge in [0.25, 0.3) is 0 Å². The molecule has 0 saturated carbocycles. The molecule has 0 spiro atoms. The van der Waals surface area contributed by atoms with Gasteiger partial charge < -0.3 is 15.1 Å². The van der Waals surface area contributed by atoms with Crippen LogP contribution in [-0.4, -0.2) is 24.9 Å². The number of rotatable bonds is 7. The zero-order valence-electron chi connectivity index (χ0n) is 20.7. The van der Waals surface area contributed by atoms with Gasteiger partial charge in [0.2, 0.25) is 12.3 Å². The second-order valence-corrected chi connectivity index (χ2v) is 10.1. The van der Waals surface area contributed by atoms with Gasteiger partial charge in [0.05, 0.1) is 6.04 Å². The van der Waals surface area contributed by atoms with Crippen molar-refractivity contribution in [1.29, 1.82) is 0 Å². The molecule has 4 rings (SSSR count). The van der Waals surface area contributed by atoms with Crippen molar-refractivity contribution in [3.05, 3.63) is 77.3 Å². The molecule has 5 nitrogen and oxygen atoms in total. The molecule has 0 bridgehead atoms. The molecule has 1 N–H and O–H groups in total. The van der Waals surface area contributed by atoms with Crippen molar-refractivity contribution in [3.8, 4) is 11.1 Å². The number of nitrogens with one attached hydrogen (secondary N) is 1. The third kappa shape index (κ3) is 5.51. The van der Waals surface area contributed by atoms with Crippen LogP contribution in [0.3, 0.4) is 0 Å². The van der Waals surface area contributed by atoms with E-state index in [0.717, 1.165) is 46.6 Å². The summed E-state index contributed by atoms with van der Waals surface area (Å²) in [7, 11) is 0. The van der Waals surface area contributed by atoms with E-state index in [1.54, 1.807) is 11.8 Å². The third-order valence-electron chi connectivity index (χ3n) is 6.43. The summed E-state index contributed by atoms with van der Waals surface area (Å²) >= 11 is 6.07. The fraction of sp³-hybridized carbons (Fsp3) is 0.310. The van der Waals surface area contributed by atoms with Crippen molar-refractivity contribution in [1.82, 2.24) is 0 Å². The number of anilines is 3. The Balaban J connectivity index is 1.69. The Bertz CT molecular complexity index is 1190. The first-order chi connectivity index (χ1) is 16.8. The number of carbonyl (C=O) groups excluding carboxylic acids is 2. The van der Waals surface area contributed by atoms with Crippen LogP contribution in [0.15, 0.2) is 66.7 Å². The first-order valence-corrected chi connectivity index (χ1v) is 12.4. The SMILES string of the molecule is CC(=O)N1c2ccc(-c3ccc(N(C=O)CC(C)C)cc3)cc2[C@H](Nc2ccc(Cl)cc2)C[C@@H]1C. The van der Waals surface area contributed by atoms with E-state index in [0.29, 0.717) is 17.5 Å². The molecule has 182 valence electrons. The molecule has 2 amide bonds. The van der Waals surface area contributed by atoms with Crippen molar-refractivity contribution in [3.63, 3.8) is 0 Å². The topological polar surface area (TPSA) is 52.7 Å². The van der Waals surface area contributed by atoms with E-state index in [4.69, 9.17) is 11.6 Å². The van der Waals surface area contributed by atoms with E-state index < -0.39 is 0 Å². The van der Waals surface area contributed by atoms with Crippen LogP contribution in [0.2, 0.25) is 5.02 Å². The van der Waals surface area contributed by atoms with Crippen LogP contribution in [0.1, 0.15) is 45.7 Å². The minimum absolute atomic E-state index is 0.0416. The average molecular weight is 490 g/mol. The number of carbonyl (C=O) groups is 2. The van der Waals surface area contributed by atoms with E-state index in [9.17, 15) is 9.59 Å². The van der Waals surface area contributed by atoms with Gasteiger partial charge in [0.15, 0.2) is 0 Å². The van der Waals surface area contributed by atoms with E-state index in [-0.39, 0.29) is 18.0 Å². The summed E-state index contributed by atoms with van der Waals surface area (Å²) in [5.41, 5.74) is 6.02. The lowest BCUT2D eigenvalue weighted by molar-refractivity contribution is -0.117. The highest BCUT2D eigenvalue weighted by atomic mass is 35.5. The molecule has 0 radical (unpaired) electrons. The van der Waals surface area contributed by atoms with Gasteiger partial charge >= 0.3 is 0 Å². The second-order valence-electron chi connectivity index (χ2n) is 9.65. The lowest BCUT2D eigenvalue weighted by Crippen LogP contribution is -2.43. The Labute approximate surface area is 212 Å². The maximum Gasteiger partial charge on any atom is 0.224 e. The van der Waals surface area contributed by atoms with Gasteiger partial charge in [-0.1, -0.05) is 43.6 Å². The fourth-order valence-electron chi connectivity index (χ4n) is 4.86. The Morgan fingerprint density at radius 2 is 1.74 bits per heavy atom. The molecule has 0 unspecified atom stereocenters. The lowest BCUT2D eigenvalue weighted by atomic mass is 9.89. The van der Waals surface area contributed by atoms with Crippen LogP contribution in [0.25, 0.3) is 11.1 Å². The molecule has 0 saturated heterocycles. The summed E-state index contributed by atoms with van der Waals surface area (Å²) in [5, 5.41) is 4.34. The molecule has 1 aliphatic heterocycles. The third-order valence-corrected chi connectivity index (χ3v) is 6.68. The van der Waals surface area contributed by atoms with Crippen LogP contribution < -0.4 is 15.1 Å². The zero-order chi connectivity index (χ0) is 25.1. The van der Waals surface area contributed by atoms with Gasteiger partial charge in [-0.2, -0.15) is 0 Å². The normalized spacial score (nSPS) is 17.1. The number of amides is 2. The summed E-state index contributed by atoms with van der Waals surface area (Å²) < 4.78 is 0. The summed E-state index contributed by atoms with van der Waals surface area (Å²) in [6.45, 7) is 8.58. The summed E-state index contributed by atoms with van der Waals surface area (Å²) in [6.07, 6.45) is 1.68. The van der Waals surface area contributed by atoms with E-state index >= 15 is 0 Å². The molecule has 0 aromatic heterocycles. The maximum absolute atomic E-state index is 12.5. The number of hydrogen-bond donors (Lipinski definition) is 1. The number of fused-ring (bicyclic) bond motifs is 1. The molecular formula is C29H32ClN3O2.